The summed E-state index contributed by atoms with van der Waals surface area (Å²) in [5, 5.41) is 21.9. The summed E-state index contributed by atoms with van der Waals surface area (Å²) in [4.78, 5) is 0. The van der Waals surface area contributed by atoms with Crippen LogP contribution in [-0.4, -0.2) is 34.1 Å². The van der Waals surface area contributed by atoms with Crippen LogP contribution in [0.1, 0.15) is 98.8 Å². The Bertz CT molecular complexity index is 662. The second-order valence-corrected chi connectivity index (χ2v) is 13.1. The van der Waals surface area contributed by atoms with Crippen molar-refractivity contribution in [2.75, 3.05) is 0 Å². The lowest BCUT2D eigenvalue weighted by molar-refractivity contribution is -0.151. The van der Waals surface area contributed by atoms with Gasteiger partial charge in [-0.1, -0.05) is 53.9 Å². The molecule has 1 heterocycles. The molecular formula is C27H46O3. The molecule has 0 unspecified atom stereocenters. The Morgan fingerprint density at radius 2 is 1.70 bits per heavy atom. The number of hydrogen-bond acceptors (Lipinski definition) is 3. The summed E-state index contributed by atoms with van der Waals surface area (Å²) >= 11 is 0. The minimum atomic E-state index is -0.326. The molecule has 1 aliphatic heterocycles. The molecule has 1 saturated heterocycles. The van der Waals surface area contributed by atoms with Crippen molar-refractivity contribution in [1.82, 2.24) is 0 Å². The van der Waals surface area contributed by atoms with Crippen molar-refractivity contribution in [3.05, 3.63) is 0 Å². The smallest absolute Gasteiger partial charge is 0.114 e. The molecule has 4 aliphatic carbocycles. The monoisotopic (exact) mass is 418 g/mol. The minimum absolute atomic E-state index is 0.0245. The van der Waals surface area contributed by atoms with E-state index in [1.165, 1.54) is 44.9 Å². The number of hydrogen-bond donors (Lipinski definition) is 2. The maximum atomic E-state index is 11.5. The van der Waals surface area contributed by atoms with Gasteiger partial charge in [0, 0.05) is 11.8 Å². The fraction of sp³-hybridized carbons (Fsp3) is 1.00. The van der Waals surface area contributed by atoms with Gasteiger partial charge in [0.1, 0.15) is 11.7 Å². The fourth-order valence-corrected chi connectivity index (χ4v) is 9.67. The third-order valence-electron chi connectivity index (χ3n) is 11.3. The van der Waals surface area contributed by atoms with Crippen molar-refractivity contribution >= 4 is 0 Å². The Morgan fingerprint density at radius 1 is 0.933 bits per heavy atom. The summed E-state index contributed by atoms with van der Waals surface area (Å²) in [7, 11) is 0. The molecule has 0 aromatic carbocycles. The zero-order valence-corrected chi connectivity index (χ0v) is 20.1. The molecule has 3 heteroatoms. The second kappa shape index (κ2) is 7.19. The average Bonchev–Trinajstić information content (AvgIpc) is 3.29. The van der Waals surface area contributed by atoms with Crippen molar-refractivity contribution in [3.8, 4) is 0 Å². The van der Waals surface area contributed by atoms with Gasteiger partial charge < -0.3 is 14.9 Å². The minimum Gasteiger partial charge on any atom is -0.393 e. The van der Waals surface area contributed by atoms with Crippen LogP contribution in [0, 0.1) is 46.3 Å². The molecule has 11 atom stereocenters. The fourth-order valence-electron chi connectivity index (χ4n) is 9.67. The van der Waals surface area contributed by atoms with Crippen LogP contribution in [-0.2, 0) is 4.74 Å². The number of aliphatic hydroxyl groups is 2. The van der Waals surface area contributed by atoms with Gasteiger partial charge in [0.05, 0.1) is 12.2 Å². The molecule has 0 aromatic heterocycles. The maximum absolute atomic E-state index is 11.5. The molecule has 5 fully saturated rings. The molecule has 2 N–H and O–H groups in total. The maximum Gasteiger partial charge on any atom is 0.114 e. The Morgan fingerprint density at radius 3 is 2.43 bits per heavy atom. The summed E-state index contributed by atoms with van der Waals surface area (Å²) < 4.78 is 6.37. The Labute approximate surface area is 184 Å². The van der Waals surface area contributed by atoms with Crippen LogP contribution in [0.15, 0.2) is 0 Å². The Hall–Kier alpha value is -0.120. The zero-order valence-electron chi connectivity index (χ0n) is 20.1. The molecule has 0 aromatic rings. The quantitative estimate of drug-likeness (QED) is 0.574. The van der Waals surface area contributed by atoms with Crippen LogP contribution in [0.3, 0.4) is 0 Å². The first kappa shape index (κ1) is 21.7. The predicted molar refractivity (Wildman–Crippen MR) is 120 cm³/mol. The third-order valence-corrected chi connectivity index (χ3v) is 11.3. The van der Waals surface area contributed by atoms with Gasteiger partial charge in [0.2, 0.25) is 0 Å². The molecular weight excluding hydrogens is 372 g/mol. The van der Waals surface area contributed by atoms with E-state index in [4.69, 9.17) is 4.74 Å². The first-order valence-electron chi connectivity index (χ1n) is 13.2. The van der Waals surface area contributed by atoms with E-state index in [0.29, 0.717) is 23.2 Å². The average molecular weight is 419 g/mol. The lowest BCUT2D eigenvalue weighted by atomic mass is 9.43. The highest BCUT2D eigenvalue weighted by Gasteiger charge is 2.79. The summed E-state index contributed by atoms with van der Waals surface area (Å²) in [6.45, 7) is 12.2. The van der Waals surface area contributed by atoms with Gasteiger partial charge in [-0.05, 0) is 79.4 Å². The Kier molecular flexibility index (Phi) is 5.20. The predicted octanol–water partition coefficient (Wildman–Crippen LogP) is 5.57. The molecule has 3 nitrogen and oxygen atoms in total. The zero-order chi connectivity index (χ0) is 21.5. The van der Waals surface area contributed by atoms with E-state index in [1.54, 1.807) is 0 Å². The first-order valence-corrected chi connectivity index (χ1v) is 13.2. The summed E-state index contributed by atoms with van der Waals surface area (Å²) in [5.74, 6) is 4.03. The summed E-state index contributed by atoms with van der Waals surface area (Å²) in [6.07, 6.45) is 11.4. The second-order valence-electron chi connectivity index (χ2n) is 13.1. The van der Waals surface area contributed by atoms with Gasteiger partial charge in [0.15, 0.2) is 0 Å². The SMILES string of the molecule is CC(C)CCC[C@@H](C)[C@H]1CC[C@H]2[C@@H]3[C@H](O)[C@@H]4O[C@@]45C[C@@H](O)CC[C@]5(C)[C@H]3CC[C@]12C. The van der Waals surface area contributed by atoms with Crippen LogP contribution in [0.4, 0.5) is 0 Å². The van der Waals surface area contributed by atoms with Gasteiger partial charge in [-0.25, -0.2) is 0 Å². The topological polar surface area (TPSA) is 53.0 Å². The van der Waals surface area contributed by atoms with Crippen LogP contribution >= 0.6 is 0 Å². The number of aliphatic hydroxyl groups excluding tert-OH is 2. The molecule has 0 bridgehead atoms. The van der Waals surface area contributed by atoms with Crippen molar-refractivity contribution in [3.63, 3.8) is 0 Å². The largest absolute Gasteiger partial charge is 0.393 e. The Balaban J connectivity index is 1.37. The van der Waals surface area contributed by atoms with E-state index in [-0.39, 0.29) is 29.3 Å². The molecule has 4 saturated carbocycles. The van der Waals surface area contributed by atoms with Crippen molar-refractivity contribution < 1.29 is 14.9 Å². The van der Waals surface area contributed by atoms with E-state index < -0.39 is 0 Å². The first-order chi connectivity index (χ1) is 14.1. The standard InChI is InChI=1S/C27H46O3/c1-16(2)7-6-8-17(3)19-9-10-20-22-21(12-13-25(19,20)4)26(5)14-11-18(28)15-27(26)24(30-27)23(22)29/h16-24,28-29H,6-15H2,1-5H3/t17-,18+,19-,20+,21+,22+,23+,24+,25-,26-,27+/m1/s1. The van der Waals surface area contributed by atoms with Gasteiger partial charge in [-0.15, -0.1) is 0 Å². The highest BCUT2D eigenvalue weighted by Crippen LogP contribution is 2.74. The number of ether oxygens (including phenoxy) is 1. The van der Waals surface area contributed by atoms with Crippen molar-refractivity contribution in [2.45, 2.75) is 123 Å². The number of fused-ring (bicyclic) bond motifs is 4. The molecule has 5 rings (SSSR count). The normalized spacial score (nSPS) is 55.4. The molecule has 5 aliphatic rings. The van der Waals surface area contributed by atoms with Gasteiger partial charge in [0.25, 0.3) is 0 Å². The third kappa shape index (κ3) is 2.86. The van der Waals surface area contributed by atoms with E-state index in [2.05, 4.69) is 34.6 Å². The molecule has 172 valence electrons. The molecule has 0 radical (unpaired) electrons. The molecule has 30 heavy (non-hydrogen) atoms. The number of epoxide rings is 1. The lowest BCUT2D eigenvalue weighted by Gasteiger charge is -2.60. The molecule has 1 spiro atoms. The van der Waals surface area contributed by atoms with Crippen LogP contribution < -0.4 is 0 Å². The van der Waals surface area contributed by atoms with Gasteiger partial charge in [-0.2, -0.15) is 0 Å². The van der Waals surface area contributed by atoms with E-state index in [9.17, 15) is 10.2 Å². The van der Waals surface area contributed by atoms with Crippen molar-refractivity contribution in [1.29, 1.82) is 0 Å². The highest BCUT2D eigenvalue weighted by molar-refractivity contribution is 5.26. The van der Waals surface area contributed by atoms with E-state index in [1.807, 2.05) is 0 Å². The van der Waals surface area contributed by atoms with Gasteiger partial charge in [-0.3, -0.25) is 0 Å². The van der Waals surface area contributed by atoms with Crippen LogP contribution in [0.2, 0.25) is 0 Å². The molecule has 0 amide bonds. The van der Waals surface area contributed by atoms with E-state index in [0.717, 1.165) is 37.0 Å². The summed E-state index contributed by atoms with van der Waals surface area (Å²) in [6, 6.07) is 0. The van der Waals surface area contributed by atoms with Crippen LogP contribution in [0.5, 0.6) is 0 Å². The van der Waals surface area contributed by atoms with E-state index >= 15 is 0 Å². The highest BCUT2D eigenvalue weighted by atomic mass is 16.6. The lowest BCUT2D eigenvalue weighted by Crippen LogP contribution is -2.63. The summed E-state index contributed by atoms with van der Waals surface area (Å²) in [5.41, 5.74) is 0.295. The van der Waals surface area contributed by atoms with Crippen molar-refractivity contribution in [2.24, 2.45) is 46.3 Å². The van der Waals surface area contributed by atoms with Crippen LogP contribution in [0.25, 0.3) is 0 Å². The number of rotatable bonds is 5. The van der Waals surface area contributed by atoms with Gasteiger partial charge >= 0.3 is 0 Å².